The third-order valence-electron chi connectivity index (χ3n) is 4.07. The van der Waals surface area contributed by atoms with Crippen molar-refractivity contribution in [1.29, 1.82) is 0 Å². The molecule has 0 spiro atoms. The Morgan fingerprint density at radius 1 is 1.24 bits per heavy atom. The highest BCUT2D eigenvalue weighted by atomic mass is 32.1. The van der Waals surface area contributed by atoms with Crippen molar-refractivity contribution in [3.63, 3.8) is 0 Å². The highest BCUT2D eigenvalue weighted by Crippen LogP contribution is 2.50. The highest BCUT2D eigenvalue weighted by Gasteiger charge is 2.51. The quantitative estimate of drug-likeness (QED) is 0.944. The molecule has 1 aliphatic carbocycles. The van der Waals surface area contributed by atoms with Gasteiger partial charge in [0.15, 0.2) is 11.5 Å². The largest absolute Gasteiger partial charge is 0.454 e. The molecule has 4 nitrogen and oxygen atoms in total. The summed E-state index contributed by atoms with van der Waals surface area (Å²) in [4.78, 5) is 13.6. The van der Waals surface area contributed by atoms with Crippen LogP contribution in [0.1, 0.15) is 23.3 Å². The molecule has 108 valence electrons. The molecular formula is C16H15NO3S. The van der Waals surface area contributed by atoms with Gasteiger partial charge in [0, 0.05) is 11.4 Å². The van der Waals surface area contributed by atoms with Crippen LogP contribution in [-0.4, -0.2) is 12.7 Å². The summed E-state index contributed by atoms with van der Waals surface area (Å²) in [5.74, 6) is 1.64. The van der Waals surface area contributed by atoms with Gasteiger partial charge in [-0.15, -0.1) is 11.3 Å². The zero-order chi connectivity index (χ0) is 14.3. The van der Waals surface area contributed by atoms with Gasteiger partial charge in [-0.1, -0.05) is 12.1 Å². The van der Waals surface area contributed by atoms with E-state index in [-0.39, 0.29) is 18.1 Å². The van der Waals surface area contributed by atoms with Crippen molar-refractivity contribution in [1.82, 2.24) is 5.32 Å². The minimum absolute atomic E-state index is 0.127. The van der Waals surface area contributed by atoms with E-state index in [1.807, 2.05) is 29.6 Å². The van der Waals surface area contributed by atoms with Crippen molar-refractivity contribution in [2.45, 2.75) is 24.8 Å². The van der Waals surface area contributed by atoms with Crippen LogP contribution in [0.3, 0.4) is 0 Å². The zero-order valence-electron chi connectivity index (χ0n) is 11.4. The lowest BCUT2D eigenvalue weighted by atomic mass is 10.0. The van der Waals surface area contributed by atoms with Gasteiger partial charge in [-0.05, 0) is 42.0 Å². The van der Waals surface area contributed by atoms with Crippen LogP contribution in [0.2, 0.25) is 0 Å². The van der Waals surface area contributed by atoms with Gasteiger partial charge in [0.2, 0.25) is 12.7 Å². The minimum Gasteiger partial charge on any atom is -0.454 e. The second kappa shape index (κ2) is 4.77. The van der Waals surface area contributed by atoms with Crippen molar-refractivity contribution in [3.8, 4) is 11.5 Å². The first kappa shape index (κ1) is 12.7. The predicted molar refractivity (Wildman–Crippen MR) is 79.6 cm³/mol. The van der Waals surface area contributed by atoms with Crippen molar-refractivity contribution < 1.29 is 14.3 Å². The zero-order valence-corrected chi connectivity index (χ0v) is 12.2. The van der Waals surface area contributed by atoms with Crippen LogP contribution in [-0.2, 0) is 16.8 Å². The Labute approximate surface area is 126 Å². The summed E-state index contributed by atoms with van der Waals surface area (Å²) >= 11 is 1.66. The van der Waals surface area contributed by atoms with Crippen LogP contribution < -0.4 is 14.8 Å². The maximum atomic E-state index is 12.5. The van der Waals surface area contributed by atoms with Crippen LogP contribution in [0.15, 0.2) is 35.7 Å². The monoisotopic (exact) mass is 301 g/mol. The molecule has 0 atom stereocenters. The molecule has 2 aromatic rings. The summed E-state index contributed by atoms with van der Waals surface area (Å²) in [6.45, 7) is 0.787. The summed E-state index contributed by atoms with van der Waals surface area (Å²) in [6, 6.07) is 9.82. The van der Waals surface area contributed by atoms with Gasteiger partial charge in [0.05, 0.1) is 5.41 Å². The Morgan fingerprint density at radius 2 is 2.10 bits per heavy atom. The van der Waals surface area contributed by atoms with Crippen LogP contribution in [0, 0.1) is 0 Å². The molecular weight excluding hydrogens is 286 g/mol. The lowest BCUT2D eigenvalue weighted by molar-refractivity contribution is -0.123. The summed E-state index contributed by atoms with van der Waals surface area (Å²) in [7, 11) is 0. The highest BCUT2D eigenvalue weighted by molar-refractivity contribution is 7.10. The van der Waals surface area contributed by atoms with E-state index in [9.17, 15) is 4.79 Å². The Bertz CT molecular complexity index is 677. The number of benzene rings is 1. The number of ether oxygens (including phenoxy) is 2. The van der Waals surface area contributed by atoms with Gasteiger partial charge in [-0.25, -0.2) is 0 Å². The maximum absolute atomic E-state index is 12.5. The molecule has 1 fully saturated rings. The van der Waals surface area contributed by atoms with Crippen molar-refractivity contribution in [3.05, 3.63) is 46.2 Å². The standard InChI is InChI=1S/C16H15NO3S/c18-15(16(5-6-16)14-2-1-7-21-14)17-9-11-3-4-12-13(8-11)20-10-19-12/h1-4,7-8H,5-6,9-10H2,(H,17,18). The van der Waals surface area contributed by atoms with Crippen LogP contribution >= 0.6 is 11.3 Å². The van der Waals surface area contributed by atoms with Crippen LogP contribution in [0.4, 0.5) is 0 Å². The third-order valence-corrected chi connectivity index (χ3v) is 5.14. The fraction of sp³-hybridized carbons (Fsp3) is 0.312. The number of thiophene rings is 1. The van der Waals surface area contributed by atoms with E-state index in [0.717, 1.165) is 29.9 Å². The third kappa shape index (κ3) is 2.17. The number of amides is 1. The fourth-order valence-corrected chi connectivity index (χ4v) is 3.65. The van der Waals surface area contributed by atoms with Crippen LogP contribution in [0.25, 0.3) is 0 Å². The molecule has 21 heavy (non-hydrogen) atoms. The molecule has 1 N–H and O–H groups in total. The van der Waals surface area contributed by atoms with E-state index in [1.54, 1.807) is 11.3 Å². The van der Waals surface area contributed by atoms with Crippen molar-refractivity contribution in [2.75, 3.05) is 6.79 Å². The number of fused-ring (bicyclic) bond motifs is 1. The first-order valence-corrected chi connectivity index (χ1v) is 7.87. The minimum atomic E-state index is -0.273. The molecule has 4 rings (SSSR count). The summed E-state index contributed by atoms with van der Waals surface area (Å²) in [5.41, 5.74) is 0.749. The molecule has 5 heteroatoms. The Hall–Kier alpha value is -2.01. The normalized spacial score (nSPS) is 17.5. The first-order chi connectivity index (χ1) is 10.3. The van der Waals surface area contributed by atoms with E-state index in [2.05, 4.69) is 11.4 Å². The number of rotatable bonds is 4. The second-order valence-corrected chi connectivity index (χ2v) is 6.38. The SMILES string of the molecule is O=C(NCc1ccc2c(c1)OCO2)C1(c2cccs2)CC1. The molecule has 1 amide bonds. The molecule has 0 unspecified atom stereocenters. The van der Waals surface area contributed by atoms with E-state index < -0.39 is 0 Å². The van der Waals surface area contributed by atoms with Crippen molar-refractivity contribution >= 4 is 17.2 Å². The molecule has 2 heterocycles. The number of nitrogens with one attached hydrogen (secondary N) is 1. The second-order valence-electron chi connectivity index (χ2n) is 5.43. The topological polar surface area (TPSA) is 47.6 Å². The molecule has 1 aromatic heterocycles. The molecule has 1 saturated carbocycles. The Kier molecular flexibility index (Phi) is 2.89. The molecule has 0 bridgehead atoms. The molecule has 2 aliphatic rings. The van der Waals surface area contributed by atoms with Crippen molar-refractivity contribution in [2.24, 2.45) is 0 Å². The van der Waals surface area contributed by atoms with Gasteiger partial charge >= 0.3 is 0 Å². The number of carbonyl (C=O) groups is 1. The number of carbonyl (C=O) groups excluding carboxylic acids is 1. The van der Waals surface area contributed by atoms with E-state index >= 15 is 0 Å². The van der Waals surface area contributed by atoms with E-state index in [0.29, 0.717) is 6.54 Å². The lowest BCUT2D eigenvalue weighted by Gasteiger charge is -2.14. The van der Waals surface area contributed by atoms with Crippen LogP contribution in [0.5, 0.6) is 11.5 Å². The van der Waals surface area contributed by atoms with Gasteiger partial charge in [-0.2, -0.15) is 0 Å². The van der Waals surface area contributed by atoms with Gasteiger partial charge in [0.1, 0.15) is 0 Å². The smallest absolute Gasteiger partial charge is 0.231 e. The Balaban J connectivity index is 1.44. The fourth-order valence-electron chi connectivity index (χ4n) is 2.66. The lowest BCUT2D eigenvalue weighted by Crippen LogP contribution is -2.33. The predicted octanol–water partition coefficient (Wildman–Crippen LogP) is 2.82. The Morgan fingerprint density at radius 3 is 2.86 bits per heavy atom. The molecule has 1 aliphatic heterocycles. The van der Waals surface area contributed by atoms with Gasteiger partial charge in [0.25, 0.3) is 0 Å². The number of hydrogen-bond donors (Lipinski definition) is 1. The van der Waals surface area contributed by atoms with E-state index in [4.69, 9.17) is 9.47 Å². The van der Waals surface area contributed by atoms with Gasteiger partial charge in [-0.3, -0.25) is 4.79 Å². The average Bonchev–Trinajstić information content (AvgIpc) is 2.94. The molecule has 0 saturated heterocycles. The average molecular weight is 301 g/mol. The number of hydrogen-bond acceptors (Lipinski definition) is 4. The first-order valence-electron chi connectivity index (χ1n) is 6.99. The van der Waals surface area contributed by atoms with Gasteiger partial charge < -0.3 is 14.8 Å². The van der Waals surface area contributed by atoms with E-state index in [1.165, 1.54) is 4.88 Å². The summed E-state index contributed by atoms with van der Waals surface area (Å²) in [5, 5.41) is 5.08. The summed E-state index contributed by atoms with van der Waals surface area (Å²) in [6.07, 6.45) is 1.89. The maximum Gasteiger partial charge on any atom is 0.231 e. The molecule has 0 radical (unpaired) electrons. The molecule has 1 aromatic carbocycles. The summed E-state index contributed by atoms with van der Waals surface area (Å²) < 4.78 is 10.6.